The summed E-state index contributed by atoms with van der Waals surface area (Å²) in [5, 5.41) is 13.0. The number of hydrogen-bond acceptors (Lipinski definition) is 5. The molecule has 1 aliphatic heterocycles. The van der Waals surface area contributed by atoms with Gasteiger partial charge in [-0.25, -0.2) is 4.79 Å². The highest BCUT2D eigenvalue weighted by Gasteiger charge is 2.36. The van der Waals surface area contributed by atoms with E-state index in [2.05, 4.69) is 10.1 Å². The fraction of sp³-hybridized carbons (Fsp3) is 0.375. The van der Waals surface area contributed by atoms with Crippen LogP contribution in [-0.4, -0.2) is 39.4 Å². The Hall–Kier alpha value is -3.77. The van der Waals surface area contributed by atoms with Crippen molar-refractivity contribution in [1.29, 1.82) is 0 Å². The molecule has 1 N–H and O–H groups in total. The quantitative estimate of drug-likeness (QED) is 0.274. The van der Waals surface area contributed by atoms with Gasteiger partial charge in [0.25, 0.3) is 0 Å². The molecule has 0 radical (unpaired) electrons. The number of likely N-dealkylation sites (tertiary alicyclic amines) is 1. The Bertz CT molecular complexity index is 1240. The molecule has 7 nitrogen and oxygen atoms in total. The van der Waals surface area contributed by atoms with Crippen LogP contribution < -0.4 is 4.74 Å². The molecule has 0 unspecified atom stereocenters. The van der Waals surface area contributed by atoms with Gasteiger partial charge in [0.15, 0.2) is 0 Å². The molecule has 1 atom stereocenters. The summed E-state index contributed by atoms with van der Waals surface area (Å²) in [5.74, 6) is -0.529. The summed E-state index contributed by atoms with van der Waals surface area (Å²) in [6.07, 6.45) is -8.70. The van der Waals surface area contributed by atoms with Gasteiger partial charge in [-0.15, -0.1) is 0 Å². The predicted molar refractivity (Wildman–Crippen MR) is 117 cm³/mol. The monoisotopic (exact) mass is 529 g/mol. The third kappa shape index (κ3) is 6.15. The number of hydrogen-bond donors (Lipinski definition) is 1. The molecule has 1 fully saturated rings. The molecule has 13 heteroatoms. The van der Waals surface area contributed by atoms with Crippen molar-refractivity contribution in [1.82, 2.24) is 15.0 Å². The molecule has 0 aliphatic carbocycles. The van der Waals surface area contributed by atoms with Crippen molar-refractivity contribution in [2.24, 2.45) is 0 Å². The van der Waals surface area contributed by atoms with E-state index in [1.165, 1.54) is 18.2 Å². The van der Waals surface area contributed by atoms with Gasteiger partial charge in [0.1, 0.15) is 11.8 Å². The number of halogens is 6. The average Bonchev–Trinajstić information content (AvgIpc) is 3.51. The highest BCUT2D eigenvalue weighted by Crippen LogP contribution is 2.39. The number of ether oxygens (including phenoxy) is 1. The van der Waals surface area contributed by atoms with Crippen LogP contribution in [0.25, 0.3) is 11.4 Å². The van der Waals surface area contributed by atoms with Gasteiger partial charge < -0.3 is 14.4 Å². The van der Waals surface area contributed by atoms with Crippen molar-refractivity contribution >= 4 is 6.09 Å². The molecule has 2 aromatic carbocycles. The minimum atomic E-state index is -4.75. The molecule has 2 heterocycles. The van der Waals surface area contributed by atoms with Crippen molar-refractivity contribution in [2.75, 3.05) is 13.2 Å². The smallest absolute Gasteiger partial charge is 0.419 e. The van der Waals surface area contributed by atoms with Gasteiger partial charge in [-0.05, 0) is 61.6 Å². The van der Waals surface area contributed by atoms with E-state index in [0.717, 1.165) is 29.2 Å². The van der Waals surface area contributed by atoms with Gasteiger partial charge in [0.05, 0.1) is 17.7 Å². The fourth-order valence-corrected chi connectivity index (χ4v) is 4.08. The summed E-state index contributed by atoms with van der Waals surface area (Å²) in [6, 6.07) is 7.16. The van der Waals surface area contributed by atoms with E-state index in [1.807, 2.05) is 0 Å². The summed E-state index contributed by atoms with van der Waals surface area (Å²) in [5.41, 5.74) is -1.23. The second-order valence-electron chi connectivity index (χ2n) is 8.45. The van der Waals surface area contributed by atoms with Crippen LogP contribution in [0.1, 0.15) is 47.9 Å². The van der Waals surface area contributed by atoms with Crippen LogP contribution in [0.5, 0.6) is 5.75 Å². The molecule has 4 rings (SSSR count). The van der Waals surface area contributed by atoms with Gasteiger partial charge in [-0.1, -0.05) is 17.3 Å². The molecule has 37 heavy (non-hydrogen) atoms. The van der Waals surface area contributed by atoms with Crippen LogP contribution in [0.2, 0.25) is 0 Å². The van der Waals surface area contributed by atoms with E-state index in [-0.39, 0.29) is 30.3 Å². The second-order valence-corrected chi connectivity index (χ2v) is 8.45. The number of carboxylic acid groups (broad SMARTS) is 1. The van der Waals surface area contributed by atoms with E-state index in [4.69, 9.17) is 9.26 Å². The first kappa shape index (κ1) is 26.3. The number of aryl methyl sites for hydroxylation is 1. The Kier molecular flexibility index (Phi) is 7.32. The molecule has 1 aliphatic rings. The van der Waals surface area contributed by atoms with Crippen LogP contribution in [0.3, 0.4) is 0 Å². The lowest BCUT2D eigenvalue weighted by Crippen LogP contribution is -2.28. The maximum absolute atomic E-state index is 13.7. The largest absolute Gasteiger partial charge is 0.493 e. The van der Waals surface area contributed by atoms with E-state index in [1.54, 1.807) is 0 Å². The summed E-state index contributed by atoms with van der Waals surface area (Å²) in [6.45, 7) is 0.198. The number of amides is 1. The maximum atomic E-state index is 13.7. The highest BCUT2D eigenvalue weighted by atomic mass is 19.4. The van der Waals surface area contributed by atoms with Crippen LogP contribution in [0.15, 0.2) is 47.0 Å². The number of rotatable bonds is 7. The van der Waals surface area contributed by atoms with Gasteiger partial charge in [0.2, 0.25) is 11.7 Å². The lowest BCUT2D eigenvalue weighted by Gasteiger charge is -2.17. The Morgan fingerprint density at radius 3 is 2.46 bits per heavy atom. The minimum absolute atomic E-state index is 0.00653. The SMILES string of the molecule is O=C(O)N1CCC[C@H]1c1nc(-c2ccc(OCCCc3ccc(C(F)(F)F)cc3)c(C(F)(F)F)c2)no1. The van der Waals surface area contributed by atoms with E-state index in [0.29, 0.717) is 31.4 Å². The summed E-state index contributed by atoms with van der Waals surface area (Å²) < 4.78 is 89.7. The number of benzene rings is 2. The molecule has 1 saturated heterocycles. The Morgan fingerprint density at radius 1 is 1.08 bits per heavy atom. The van der Waals surface area contributed by atoms with Crippen LogP contribution in [-0.2, 0) is 18.8 Å². The van der Waals surface area contributed by atoms with Crippen molar-refractivity contribution in [3.05, 3.63) is 65.0 Å². The van der Waals surface area contributed by atoms with Gasteiger partial charge >= 0.3 is 18.4 Å². The molecular weight excluding hydrogens is 508 g/mol. The Balaban J connectivity index is 1.43. The van der Waals surface area contributed by atoms with Crippen molar-refractivity contribution in [3.63, 3.8) is 0 Å². The highest BCUT2D eigenvalue weighted by molar-refractivity contribution is 5.66. The van der Waals surface area contributed by atoms with Crippen LogP contribution >= 0.6 is 0 Å². The summed E-state index contributed by atoms with van der Waals surface area (Å²) in [4.78, 5) is 16.6. The zero-order valence-corrected chi connectivity index (χ0v) is 19.1. The van der Waals surface area contributed by atoms with Crippen LogP contribution in [0.4, 0.5) is 31.1 Å². The Labute approximate surface area is 206 Å². The third-order valence-electron chi connectivity index (χ3n) is 5.92. The van der Waals surface area contributed by atoms with Crippen molar-refractivity contribution in [2.45, 2.75) is 44.1 Å². The van der Waals surface area contributed by atoms with E-state index >= 15 is 0 Å². The molecule has 1 aromatic heterocycles. The van der Waals surface area contributed by atoms with Crippen molar-refractivity contribution in [3.8, 4) is 17.1 Å². The number of aromatic nitrogens is 2. The van der Waals surface area contributed by atoms with Gasteiger partial charge in [0, 0.05) is 12.1 Å². The van der Waals surface area contributed by atoms with Gasteiger partial charge in [-0.2, -0.15) is 31.3 Å². The van der Waals surface area contributed by atoms with E-state index in [9.17, 15) is 36.2 Å². The molecule has 1 amide bonds. The zero-order valence-electron chi connectivity index (χ0n) is 19.1. The fourth-order valence-electron chi connectivity index (χ4n) is 4.08. The molecule has 3 aromatic rings. The summed E-state index contributed by atoms with van der Waals surface area (Å²) in [7, 11) is 0. The topological polar surface area (TPSA) is 88.7 Å². The third-order valence-corrected chi connectivity index (χ3v) is 5.92. The first-order chi connectivity index (χ1) is 17.4. The first-order valence-corrected chi connectivity index (χ1v) is 11.3. The molecule has 198 valence electrons. The normalized spacial score (nSPS) is 16.3. The van der Waals surface area contributed by atoms with Gasteiger partial charge in [-0.3, -0.25) is 4.90 Å². The standard InChI is InChI=1S/C24H21F6N3O4/c25-23(26,27)16-8-5-14(6-9-16)3-2-12-36-19-10-7-15(13-17(19)24(28,29)30)20-31-21(37-32-20)18-4-1-11-33(18)22(34)35/h5-10,13,18H,1-4,11-12H2,(H,34,35)/t18-/m0/s1. The molecule has 0 bridgehead atoms. The predicted octanol–water partition coefficient (Wildman–Crippen LogP) is 6.60. The number of carbonyl (C=O) groups is 1. The minimum Gasteiger partial charge on any atom is -0.493 e. The number of nitrogens with zero attached hydrogens (tertiary/aromatic N) is 3. The van der Waals surface area contributed by atoms with E-state index < -0.39 is 41.4 Å². The molecular formula is C24H21F6N3O4. The Morgan fingerprint density at radius 2 is 1.81 bits per heavy atom. The average molecular weight is 529 g/mol. The first-order valence-electron chi connectivity index (χ1n) is 11.3. The number of alkyl halides is 6. The van der Waals surface area contributed by atoms with Crippen LogP contribution in [0, 0.1) is 0 Å². The molecule has 0 saturated carbocycles. The second kappa shape index (κ2) is 10.3. The lowest BCUT2D eigenvalue weighted by molar-refractivity contribution is -0.139. The lowest BCUT2D eigenvalue weighted by atomic mass is 10.1. The maximum Gasteiger partial charge on any atom is 0.419 e. The van der Waals surface area contributed by atoms with Crippen molar-refractivity contribution < 1.29 is 45.5 Å². The molecule has 0 spiro atoms. The zero-order chi connectivity index (χ0) is 26.8. The summed E-state index contributed by atoms with van der Waals surface area (Å²) >= 11 is 0.